The molecule has 0 radical (unpaired) electrons. The van der Waals surface area contributed by atoms with E-state index in [0.717, 1.165) is 5.56 Å². The smallest absolute Gasteiger partial charge is 0.343 e. The molecule has 1 amide bonds. The van der Waals surface area contributed by atoms with Gasteiger partial charge in [0.25, 0.3) is 5.69 Å². The number of ketones is 1. The molecule has 194 valence electrons. The molecule has 4 rings (SSSR count). The lowest BCUT2D eigenvalue weighted by molar-refractivity contribution is -0.385. The zero-order valence-corrected chi connectivity index (χ0v) is 20.7. The van der Waals surface area contributed by atoms with Crippen molar-refractivity contribution in [1.82, 2.24) is 0 Å². The molecule has 1 saturated heterocycles. The summed E-state index contributed by atoms with van der Waals surface area (Å²) in [5, 5.41) is 11.2. The summed E-state index contributed by atoms with van der Waals surface area (Å²) in [4.78, 5) is 61.8. The van der Waals surface area contributed by atoms with Crippen LogP contribution < -0.4 is 9.64 Å². The maximum absolute atomic E-state index is 12.5. The van der Waals surface area contributed by atoms with E-state index < -0.39 is 35.2 Å². The van der Waals surface area contributed by atoms with E-state index in [1.165, 1.54) is 35.2 Å². The van der Waals surface area contributed by atoms with Crippen molar-refractivity contribution in [3.63, 3.8) is 0 Å². The van der Waals surface area contributed by atoms with Crippen molar-refractivity contribution >= 4 is 35.0 Å². The van der Waals surface area contributed by atoms with E-state index in [9.17, 15) is 29.3 Å². The van der Waals surface area contributed by atoms with E-state index in [0.29, 0.717) is 16.8 Å². The fourth-order valence-corrected chi connectivity index (χ4v) is 3.98. The molecule has 0 N–H and O–H groups in total. The van der Waals surface area contributed by atoms with Gasteiger partial charge < -0.3 is 14.4 Å². The minimum atomic E-state index is -0.806. The fraction of sp³-hybridized carbons (Fsp3) is 0.214. The molecule has 0 aromatic heterocycles. The fourth-order valence-electron chi connectivity index (χ4n) is 3.98. The predicted molar refractivity (Wildman–Crippen MR) is 136 cm³/mol. The van der Waals surface area contributed by atoms with Crippen molar-refractivity contribution in [2.75, 3.05) is 18.1 Å². The van der Waals surface area contributed by atoms with Crippen LogP contribution in [0.1, 0.15) is 38.3 Å². The van der Waals surface area contributed by atoms with Crippen LogP contribution in [0.4, 0.5) is 11.4 Å². The molecular formula is C28H24N2O8. The molecule has 1 fully saturated rings. The summed E-state index contributed by atoms with van der Waals surface area (Å²) in [6, 6.07) is 17.2. The van der Waals surface area contributed by atoms with Crippen LogP contribution in [-0.4, -0.2) is 41.7 Å². The number of ether oxygens (including phenoxy) is 2. The van der Waals surface area contributed by atoms with Crippen LogP contribution in [-0.2, 0) is 14.3 Å². The summed E-state index contributed by atoms with van der Waals surface area (Å²) in [7, 11) is 0. The highest BCUT2D eigenvalue weighted by Gasteiger charge is 2.37. The normalized spacial score (nSPS) is 14.7. The van der Waals surface area contributed by atoms with Gasteiger partial charge in [-0.15, -0.1) is 0 Å². The maximum atomic E-state index is 12.5. The monoisotopic (exact) mass is 516 g/mol. The number of hydrogen-bond acceptors (Lipinski definition) is 8. The van der Waals surface area contributed by atoms with Crippen molar-refractivity contribution in [2.45, 2.75) is 20.3 Å². The van der Waals surface area contributed by atoms with E-state index in [4.69, 9.17) is 9.47 Å². The molecule has 3 aromatic carbocycles. The maximum Gasteiger partial charge on any atom is 0.343 e. The Morgan fingerprint density at radius 1 is 0.974 bits per heavy atom. The van der Waals surface area contributed by atoms with Gasteiger partial charge in [-0.1, -0.05) is 23.8 Å². The molecule has 0 saturated carbocycles. The third kappa shape index (κ3) is 5.92. The first-order valence-corrected chi connectivity index (χ1v) is 11.8. The lowest BCUT2D eigenvalue weighted by Crippen LogP contribution is -2.27. The number of benzene rings is 3. The summed E-state index contributed by atoms with van der Waals surface area (Å²) in [5.41, 5.74) is 2.32. The van der Waals surface area contributed by atoms with Gasteiger partial charge in [-0.05, 0) is 56.3 Å². The van der Waals surface area contributed by atoms with Crippen LogP contribution >= 0.6 is 0 Å². The summed E-state index contributed by atoms with van der Waals surface area (Å²) in [6.07, 6.45) is -0.129. The molecular weight excluding hydrogens is 492 g/mol. The highest BCUT2D eigenvalue weighted by atomic mass is 16.6. The van der Waals surface area contributed by atoms with Crippen molar-refractivity contribution in [3.8, 4) is 5.75 Å². The average molecular weight is 517 g/mol. The van der Waals surface area contributed by atoms with Crippen LogP contribution in [0.15, 0.2) is 66.7 Å². The van der Waals surface area contributed by atoms with Gasteiger partial charge in [-0.2, -0.15) is 0 Å². The number of anilines is 1. The Balaban J connectivity index is 1.31. The van der Waals surface area contributed by atoms with Gasteiger partial charge in [-0.3, -0.25) is 24.5 Å². The average Bonchev–Trinajstić information content (AvgIpc) is 3.29. The van der Waals surface area contributed by atoms with E-state index in [2.05, 4.69) is 0 Å². The first-order chi connectivity index (χ1) is 18.1. The second-order valence-corrected chi connectivity index (χ2v) is 8.94. The Labute approximate surface area is 217 Å². The lowest BCUT2D eigenvalue weighted by Gasteiger charge is -2.16. The molecule has 1 aliphatic heterocycles. The minimum Gasteiger partial charge on any atom is -0.457 e. The van der Waals surface area contributed by atoms with Gasteiger partial charge in [-0.25, -0.2) is 4.79 Å². The Morgan fingerprint density at radius 2 is 1.63 bits per heavy atom. The molecule has 0 unspecified atom stereocenters. The van der Waals surface area contributed by atoms with Crippen molar-refractivity contribution < 1.29 is 33.6 Å². The Kier molecular flexibility index (Phi) is 7.61. The summed E-state index contributed by atoms with van der Waals surface area (Å²) in [6.45, 7) is 2.97. The highest BCUT2D eigenvalue weighted by molar-refractivity contribution is 6.01. The number of carbonyl (C=O) groups excluding carboxylic acids is 4. The molecule has 1 atom stereocenters. The molecule has 0 bridgehead atoms. The molecule has 0 aliphatic carbocycles. The first-order valence-electron chi connectivity index (χ1n) is 11.8. The predicted octanol–water partition coefficient (Wildman–Crippen LogP) is 4.21. The van der Waals surface area contributed by atoms with Crippen molar-refractivity contribution in [1.29, 1.82) is 0 Å². The number of hydrogen-bond donors (Lipinski definition) is 0. The molecule has 10 heteroatoms. The van der Waals surface area contributed by atoms with E-state index in [1.807, 2.05) is 6.92 Å². The number of esters is 2. The van der Waals surface area contributed by atoms with Crippen LogP contribution in [0.5, 0.6) is 5.75 Å². The summed E-state index contributed by atoms with van der Waals surface area (Å²) in [5.74, 6) is -2.63. The Bertz CT molecular complexity index is 1410. The van der Waals surface area contributed by atoms with Gasteiger partial charge in [0, 0.05) is 30.2 Å². The number of aryl methyl sites for hydroxylation is 2. The summed E-state index contributed by atoms with van der Waals surface area (Å²) >= 11 is 0. The first kappa shape index (κ1) is 26.2. The number of nitrogens with zero attached hydrogens (tertiary/aromatic N) is 2. The second kappa shape index (κ2) is 11.0. The number of nitro benzene ring substituents is 1. The van der Waals surface area contributed by atoms with Gasteiger partial charge in [0.05, 0.1) is 22.1 Å². The number of nitro groups is 1. The van der Waals surface area contributed by atoms with E-state index in [-0.39, 0.29) is 35.9 Å². The van der Waals surface area contributed by atoms with E-state index >= 15 is 0 Å². The van der Waals surface area contributed by atoms with Gasteiger partial charge in [0.2, 0.25) is 5.91 Å². The standard InChI is InChI=1S/C28H24N2O8/c1-17-3-6-20(7-4-17)28(34)38-23-11-8-19(9-12-23)25(31)16-37-27(33)21-13-26(32)29(15-21)22-10-5-18(2)24(14-22)30(35)36/h3-12,14,21H,13,15-16H2,1-2H3/t21-/m0/s1. The lowest BCUT2D eigenvalue weighted by atomic mass is 10.1. The molecule has 38 heavy (non-hydrogen) atoms. The SMILES string of the molecule is Cc1ccc(C(=O)Oc2ccc(C(=O)COC(=O)[C@H]3CC(=O)N(c4ccc(C)c([N+](=O)[O-])c4)C3)cc2)cc1. The number of amides is 1. The third-order valence-corrected chi connectivity index (χ3v) is 6.18. The van der Waals surface area contributed by atoms with Crippen LogP contribution in [0, 0.1) is 29.9 Å². The van der Waals surface area contributed by atoms with Gasteiger partial charge in [0.1, 0.15) is 5.75 Å². The molecule has 3 aromatic rings. The number of carbonyl (C=O) groups is 4. The molecule has 10 nitrogen and oxygen atoms in total. The summed E-state index contributed by atoms with van der Waals surface area (Å²) < 4.78 is 10.5. The number of rotatable bonds is 8. The van der Waals surface area contributed by atoms with Crippen molar-refractivity contribution in [2.24, 2.45) is 5.92 Å². The Morgan fingerprint density at radius 3 is 2.29 bits per heavy atom. The van der Waals surface area contributed by atoms with Gasteiger partial charge >= 0.3 is 11.9 Å². The van der Waals surface area contributed by atoms with Crippen LogP contribution in [0.25, 0.3) is 0 Å². The third-order valence-electron chi connectivity index (χ3n) is 6.18. The molecule has 0 spiro atoms. The number of Topliss-reactive ketones (excluding diaryl/α,β-unsaturated/α-hetero) is 1. The Hall–Kier alpha value is -4.86. The van der Waals surface area contributed by atoms with Crippen LogP contribution in [0.3, 0.4) is 0 Å². The largest absolute Gasteiger partial charge is 0.457 e. The van der Waals surface area contributed by atoms with Gasteiger partial charge in [0.15, 0.2) is 12.4 Å². The van der Waals surface area contributed by atoms with Crippen LogP contribution in [0.2, 0.25) is 0 Å². The highest BCUT2D eigenvalue weighted by Crippen LogP contribution is 2.30. The van der Waals surface area contributed by atoms with E-state index in [1.54, 1.807) is 43.3 Å². The van der Waals surface area contributed by atoms with Crippen molar-refractivity contribution in [3.05, 3.63) is 99.1 Å². The zero-order chi connectivity index (χ0) is 27.4. The minimum absolute atomic E-state index is 0.00683. The topological polar surface area (TPSA) is 133 Å². The quantitative estimate of drug-likeness (QED) is 0.143. The zero-order valence-electron chi connectivity index (χ0n) is 20.7. The molecule has 1 heterocycles. The molecule has 1 aliphatic rings. The second-order valence-electron chi connectivity index (χ2n) is 8.94.